The van der Waals surface area contributed by atoms with Gasteiger partial charge < -0.3 is 5.11 Å². The number of aliphatic carboxylic acids is 1. The quantitative estimate of drug-likeness (QED) is 0.691. The zero-order valence-corrected chi connectivity index (χ0v) is 9.08. The number of likely N-dealkylation sites (N-methyl/N-ethyl adjacent to an activating group) is 1. The van der Waals surface area contributed by atoms with Crippen molar-refractivity contribution < 1.29 is 9.90 Å². The molecule has 1 N–H and O–H groups in total. The van der Waals surface area contributed by atoms with E-state index in [9.17, 15) is 4.79 Å². The normalized spacial score (nSPS) is 15.8. The Bertz CT molecular complexity index is 159. The van der Waals surface area contributed by atoms with Crippen molar-refractivity contribution >= 4 is 5.97 Å². The fourth-order valence-electron chi connectivity index (χ4n) is 1.57. The summed E-state index contributed by atoms with van der Waals surface area (Å²) in [6.07, 6.45) is 2.82. The van der Waals surface area contributed by atoms with Crippen molar-refractivity contribution in [1.29, 1.82) is 0 Å². The molecule has 0 aromatic rings. The summed E-state index contributed by atoms with van der Waals surface area (Å²) in [5.41, 5.74) is 0. The van der Waals surface area contributed by atoms with Crippen molar-refractivity contribution in [3.8, 4) is 0 Å². The molecule has 0 aromatic heterocycles. The molecule has 0 spiro atoms. The standard InChI is InChI=1S/C10H21NO2/c1-5-7-8(3)11(4)9(6-2)10(12)13/h8-9H,5-7H2,1-4H3,(H,12,13). The van der Waals surface area contributed by atoms with Crippen LogP contribution in [0.5, 0.6) is 0 Å². The van der Waals surface area contributed by atoms with Crippen LogP contribution in [0.4, 0.5) is 0 Å². The molecule has 0 aliphatic carbocycles. The molecule has 0 bridgehead atoms. The third-order valence-corrected chi connectivity index (χ3v) is 2.57. The summed E-state index contributed by atoms with van der Waals surface area (Å²) in [6.45, 7) is 6.11. The van der Waals surface area contributed by atoms with Crippen molar-refractivity contribution in [2.75, 3.05) is 7.05 Å². The SMILES string of the molecule is CCCC(C)N(C)C(CC)C(=O)O. The fourth-order valence-corrected chi connectivity index (χ4v) is 1.57. The zero-order chi connectivity index (χ0) is 10.4. The Morgan fingerprint density at radius 2 is 2.00 bits per heavy atom. The van der Waals surface area contributed by atoms with Gasteiger partial charge in [-0.1, -0.05) is 20.3 Å². The number of rotatable bonds is 6. The van der Waals surface area contributed by atoms with E-state index in [4.69, 9.17) is 5.11 Å². The summed E-state index contributed by atoms with van der Waals surface area (Å²) in [6, 6.07) is 0.0209. The van der Waals surface area contributed by atoms with Gasteiger partial charge in [-0.15, -0.1) is 0 Å². The molecule has 0 aliphatic heterocycles. The third-order valence-electron chi connectivity index (χ3n) is 2.57. The smallest absolute Gasteiger partial charge is 0.320 e. The maximum Gasteiger partial charge on any atom is 0.320 e. The van der Waals surface area contributed by atoms with E-state index in [0.29, 0.717) is 12.5 Å². The fraction of sp³-hybridized carbons (Fsp3) is 0.900. The lowest BCUT2D eigenvalue weighted by Crippen LogP contribution is -2.43. The van der Waals surface area contributed by atoms with E-state index in [0.717, 1.165) is 12.8 Å². The Kier molecular flexibility index (Phi) is 5.71. The number of nitrogens with zero attached hydrogens (tertiary/aromatic N) is 1. The molecule has 0 aromatic carbocycles. The van der Waals surface area contributed by atoms with Gasteiger partial charge in [0.1, 0.15) is 6.04 Å². The Morgan fingerprint density at radius 1 is 1.46 bits per heavy atom. The molecule has 0 radical (unpaired) electrons. The van der Waals surface area contributed by atoms with Crippen molar-refractivity contribution in [2.45, 2.75) is 52.1 Å². The highest BCUT2D eigenvalue weighted by molar-refractivity contribution is 5.73. The highest BCUT2D eigenvalue weighted by Crippen LogP contribution is 2.10. The van der Waals surface area contributed by atoms with Crippen LogP contribution in [0.3, 0.4) is 0 Å². The third kappa shape index (κ3) is 3.77. The average molecular weight is 187 g/mol. The largest absolute Gasteiger partial charge is 0.480 e. The van der Waals surface area contributed by atoms with Crippen LogP contribution in [-0.4, -0.2) is 35.1 Å². The Hall–Kier alpha value is -0.570. The molecular weight excluding hydrogens is 166 g/mol. The number of carboxylic acid groups (broad SMARTS) is 1. The van der Waals surface area contributed by atoms with Gasteiger partial charge in [0.15, 0.2) is 0 Å². The number of carbonyl (C=O) groups is 1. The van der Waals surface area contributed by atoms with E-state index in [1.54, 1.807) is 0 Å². The lowest BCUT2D eigenvalue weighted by molar-refractivity contribution is -0.143. The van der Waals surface area contributed by atoms with Crippen LogP contribution < -0.4 is 0 Å². The average Bonchev–Trinajstić information content (AvgIpc) is 2.05. The molecule has 0 fully saturated rings. The lowest BCUT2D eigenvalue weighted by atomic mass is 10.1. The first-order valence-corrected chi connectivity index (χ1v) is 4.99. The second-order valence-electron chi connectivity index (χ2n) is 3.57. The maximum absolute atomic E-state index is 10.8. The highest BCUT2D eigenvalue weighted by atomic mass is 16.4. The molecule has 0 heterocycles. The van der Waals surface area contributed by atoms with Crippen LogP contribution in [-0.2, 0) is 4.79 Å². The molecule has 2 atom stereocenters. The van der Waals surface area contributed by atoms with Crippen LogP contribution in [0.2, 0.25) is 0 Å². The van der Waals surface area contributed by atoms with Crippen molar-refractivity contribution in [3.63, 3.8) is 0 Å². The molecule has 0 rings (SSSR count). The molecule has 0 amide bonds. The van der Waals surface area contributed by atoms with Gasteiger partial charge in [-0.25, -0.2) is 0 Å². The van der Waals surface area contributed by atoms with E-state index in [-0.39, 0.29) is 6.04 Å². The summed E-state index contributed by atoms with van der Waals surface area (Å²) >= 11 is 0. The van der Waals surface area contributed by atoms with Crippen molar-refractivity contribution in [3.05, 3.63) is 0 Å². The van der Waals surface area contributed by atoms with Gasteiger partial charge in [-0.2, -0.15) is 0 Å². The number of hydrogen-bond acceptors (Lipinski definition) is 2. The molecule has 0 saturated heterocycles. The van der Waals surface area contributed by atoms with Gasteiger partial charge in [-0.05, 0) is 26.8 Å². The van der Waals surface area contributed by atoms with Crippen molar-refractivity contribution in [1.82, 2.24) is 4.90 Å². The molecular formula is C10H21NO2. The van der Waals surface area contributed by atoms with Crippen LogP contribution >= 0.6 is 0 Å². The van der Waals surface area contributed by atoms with Gasteiger partial charge in [0.05, 0.1) is 0 Å². The van der Waals surface area contributed by atoms with Gasteiger partial charge in [0.25, 0.3) is 0 Å². The predicted molar refractivity (Wildman–Crippen MR) is 53.8 cm³/mol. The van der Waals surface area contributed by atoms with E-state index in [1.165, 1.54) is 0 Å². The summed E-state index contributed by atoms with van der Waals surface area (Å²) in [7, 11) is 1.89. The van der Waals surface area contributed by atoms with E-state index in [1.807, 2.05) is 18.9 Å². The first-order chi connectivity index (χ1) is 6.04. The monoisotopic (exact) mass is 187 g/mol. The van der Waals surface area contributed by atoms with Crippen LogP contribution in [0.15, 0.2) is 0 Å². The number of hydrogen-bond donors (Lipinski definition) is 1. The van der Waals surface area contributed by atoms with Gasteiger partial charge >= 0.3 is 5.97 Å². The summed E-state index contributed by atoms with van der Waals surface area (Å²) < 4.78 is 0. The van der Waals surface area contributed by atoms with Gasteiger partial charge in [-0.3, -0.25) is 9.69 Å². The first-order valence-electron chi connectivity index (χ1n) is 4.99. The van der Waals surface area contributed by atoms with Crippen LogP contribution in [0.1, 0.15) is 40.0 Å². The van der Waals surface area contributed by atoms with E-state index >= 15 is 0 Å². The topological polar surface area (TPSA) is 40.5 Å². The molecule has 0 saturated carbocycles. The minimum Gasteiger partial charge on any atom is -0.480 e. The summed E-state index contributed by atoms with van der Waals surface area (Å²) in [5, 5.41) is 8.92. The first kappa shape index (κ1) is 12.4. The predicted octanol–water partition coefficient (Wildman–Crippen LogP) is 1.97. The summed E-state index contributed by atoms with van der Waals surface area (Å²) in [5.74, 6) is -0.715. The van der Waals surface area contributed by atoms with Crippen LogP contribution in [0.25, 0.3) is 0 Å². The van der Waals surface area contributed by atoms with Gasteiger partial charge in [0.2, 0.25) is 0 Å². The Balaban J connectivity index is 4.18. The van der Waals surface area contributed by atoms with Crippen LogP contribution in [0, 0.1) is 0 Å². The maximum atomic E-state index is 10.8. The Morgan fingerprint density at radius 3 is 2.31 bits per heavy atom. The molecule has 0 aliphatic rings. The molecule has 2 unspecified atom stereocenters. The number of carboxylic acids is 1. The highest BCUT2D eigenvalue weighted by Gasteiger charge is 2.23. The molecule has 3 nitrogen and oxygen atoms in total. The van der Waals surface area contributed by atoms with E-state index < -0.39 is 5.97 Å². The Labute approximate surface area is 80.7 Å². The second-order valence-corrected chi connectivity index (χ2v) is 3.57. The van der Waals surface area contributed by atoms with Gasteiger partial charge in [0, 0.05) is 6.04 Å². The minimum atomic E-state index is -0.715. The lowest BCUT2D eigenvalue weighted by Gasteiger charge is -2.29. The molecule has 78 valence electrons. The molecule has 13 heavy (non-hydrogen) atoms. The second kappa shape index (κ2) is 5.97. The van der Waals surface area contributed by atoms with Crippen molar-refractivity contribution in [2.24, 2.45) is 0 Å². The van der Waals surface area contributed by atoms with E-state index in [2.05, 4.69) is 13.8 Å². The molecule has 3 heteroatoms. The zero-order valence-electron chi connectivity index (χ0n) is 9.08. The summed E-state index contributed by atoms with van der Waals surface area (Å²) in [4.78, 5) is 12.8. The minimum absolute atomic E-state index is 0.332.